The largest absolute Gasteiger partial charge is 0.496 e. The molecule has 3 rings (SSSR count). The lowest BCUT2D eigenvalue weighted by atomic mass is 9.72. The molecule has 3 nitrogen and oxygen atoms in total. The first-order valence-corrected chi connectivity index (χ1v) is 9.90. The van der Waals surface area contributed by atoms with Gasteiger partial charge < -0.3 is 9.84 Å². The summed E-state index contributed by atoms with van der Waals surface area (Å²) in [4.78, 5) is 4.15. The average Bonchev–Trinajstić information content (AvgIpc) is 2.67. The van der Waals surface area contributed by atoms with E-state index in [1.54, 1.807) is 12.1 Å². The van der Waals surface area contributed by atoms with E-state index in [2.05, 4.69) is 4.98 Å². The highest BCUT2D eigenvalue weighted by atomic mass is 35.5. The summed E-state index contributed by atoms with van der Waals surface area (Å²) in [5.74, 6) is -0.355. The lowest BCUT2D eigenvalue weighted by molar-refractivity contribution is -0.266. The molecule has 0 spiro atoms. The highest BCUT2D eigenvalue weighted by Crippen LogP contribution is 2.45. The van der Waals surface area contributed by atoms with E-state index in [-0.39, 0.29) is 16.9 Å². The zero-order valence-electron chi connectivity index (χ0n) is 17.2. The molecular formula is C23H22ClF4NO2. The number of aromatic nitrogens is 1. The van der Waals surface area contributed by atoms with Crippen molar-refractivity contribution in [2.24, 2.45) is 0 Å². The van der Waals surface area contributed by atoms with E-state index in [9.17, 15) is 22.7 Å². The normalized spacial score (nSPS) is 14.5. The predicted octanol–water partition coefficient (Wildman–Crippen LogP) is 6.24. The van der Waals surface area contributed by atoms with Crippen LogP contribution in [0.25, 0.3) is 10.9 Å². The number of alkyl halides is 3. The Bertz CT molecular complexity index is 1100. The maximum atomic E-state index is 14.2. The van der Waals surface area contributed by atoms with Crippen LogP contribution in [-0.4, -0.2) is 29.0 Å². The predicted molar refractivity (Wildman–Crippen MR) is 112 cm³/mol. The van der Waals surface area contributed by atoms with E-state index in [0.717, 1.165) is 6.07 Å². The van der Waals surface area contributed by atoms with Crippen molar-refractivity contribution in [3.8, 4) is 5.75 Å². The number of benzene rings is 2. The summed E-state index contributed by atoms with van der Waals surface area (Å²) in [5, 5.41) is 11.7. The van der Waals surface area contributed by atoms with Gasteiger partial charge in [-0.05, 0) is 59.9 Å². The van der Waals surface area contributed by atoms with Crippen LogP contribution in [0.3, 0.4) is 0 Å². The summed E-state index contributed by atoms with van der Waals surface area (Å²) < 4.78 is 61.6. The van der Waals surface area contributed by atoms with Crippen LogP contribution in [0.15, 0.2) is 48.7 Å². The molecule has 0 aliphatic rings. The molecule has 31 heavy (non-hydrogen) atoms. The minimum absolute atomic E-state index is 0.236. The van der Waals surface area contributed by atoms with Crippen molar-refractivity contribution in [2.45, 2.75) is 43.9 Å². The average molecular weight is 456 g/mol. The number of pyridine rings is 1. The fourth-order valence-corrected chi connectivity index (χ4v) is 4.12. The van der Waals surface area contributed by atoms with Crippen molar-refractivity contribution in [3.05, 3.63) is 70.6 Å². The zero-order chi connectivity index (χ0) is 23.0. The maximum absolute atomic E-state index is 14.2. The minimum atomic E-state index is -4.95. The Labute approximate surface area is 182 Å². The number of rotatable bonds is 6. The Morgan fingerprint density at radius 3 is 2.42 bits per heavy atom. The summed E-state index contributed by atoms with van der Waals surface area (Å²) in [6, 6.07) is 9.82. The Kier molecular flexibility index (Phi) is 6.22. The molecule has 0 aliphatic carbocycles. The number of aliphatic hydroxyl groups is 1. The van der Waals surface area contributed by atoms with Crippen LogP contribution < -0.4 is 4.74 Å². The van der Waals surface area contributed by atoms with Crippen molar-refractivity contribution in [2.75, 3.05) is 7.11 Å². The van der Waals surface area contributed by atoms with Gasteiger partial charge in [-0.15, -0.1) is 0 Å². The molecule has 0 fully saturated rings. The van der Waals surface area contributed by atoms with E-state index in [4.69, 9.17) is 16.3 Å². The standard InChI is InChI=1S/C23H22ClF4NO2/c1-21(2,18-11-16(25)5-7-20(18)31-3)13-22(30,23(26,27)28)12-14-8-9-29-19-6-4-15(24)10-17(14)19/h4-11,30H,12-13H2,1-3H3. The van der Waals surface area contributed by atoms with Gasteiger partial charge in [-0.25, -0.2) is 4.39 Å². The molecule has 0 aliphatic heterocycles. The van der Waals surface area contributed by atoms with E-state index >= 15 is 0 Å². The van der Waals surface area contributed by atoms with Gasteiger partial charge in [0.25, 0.3) is 0 Å². The lowest BCUT2D eigenvalue weighted by Gasteiger charge is -2.38. The molecule has 3 aromatic rings. The number of hydrogen-bond acceptors (Lipinski definition) is 3. The molecule has 2 aromatic carbocycles. The molecule has 1 N–H and O–H groups in total. The second-order valence-electron chi connectivity index (χ2n) is 8.24. The highest BCUT2D eigenvalue weighted by molar-refractivity contribution is 6.31. The molecule has 0 saturated heterocycles. The van der Waals surface area contributed by atoms with Gasteiger partial charge in [0.2, 0.25) is 0 Å². The third kappa shape index (κ3) is 4.77. The molecule has 0 saturated carbocycles. The molecule has 1 heterocycles. The van der Waals surface area contributed by atoms with Crippen LogP contribution >= 0.6 is 11.6 Å². The van der Waals surface area contributed by atoms with Gasteiger partial charge in [-0.3, -0.25) is 4.98 Å². The molecule has 0 amide bonds. The summed E-state index contributed by atoms with van der Waals surface area (Å²) in [5.41, 5.74) is -3.39. The van der Waals surface area contributed by atoms with Crippen LogP contribution in [-0.2, 0) is 11.8 Å². The van der Waals surface area contributed by atoms with E-state index < -0.39 is 35.9 Å². The molecule has 0 radical (unpaired) electrons. The third-order valence-electron chi connectivity index (χ3n) is 5.43. The SMILES string of the molecule is COc1ccc(F)cc1C(C)(C)CC(O)(Cc1ccnc2ccc(Cl)cc12)C(F)(F)F. The molecule has 1 aromatic heterocycles. The van der Waals surface area contributed by atoms with E-state index in [0.29, 0.717) is 15.9 Å². The summed E-state index contributed by atoms with van der Waals surface area (Å²) >= 11 is 6.02. The van der Waals surface area contributed by atoms with Crippen LogP contribution in [0.2, 0.25) is 5.02 Å². The quantitative estimate of drug-likeness (QED) is 0.447. The molecule has 1 atom stereocenters. The van der Waals surface area contributed by atoms with Gasteiger partial charge in [-0.2, -0.15) is 13.2 Å². The second kappa shape index (κ2) is 8.28. The summed E-state index contributed by atoms with van der Waals surface area (Å²) in [6.45, 7) is 3.03. The first kappa shape index (κ1) is 23.3. The minimum Gasteiger partial charge on any atom is -0.496 e. The number of nitrogens with zero attached hydrogens (tertiary/aromatic N) is 1. The topological polar surface area (TPSA) is 42.4 Å². The van der Waals surface area contributed by atoms with E-state index in [1.165, 1.54) is 51.4 Å². The fraction of sp³-hybridized carbons (Fsp3) is 0.348. The third-order valence-corrected chi connectivity index (χ3v) is 5.66. The van der Waals surface area contributed by atoms with Crippen LogP contribution in [0.1, 0.15) is 31.4 Å². The first-order valence-electron chi connectivity index (χ1n) is 9.52. The van der Waals surface area contributed by atoms with Crippen LogP contribution in [0, 0.1) is 5.82 Å². The monoisotopic (exact) mass is 455 g/mol. The summed E-state index contributed by atoms with van der Waals surface area (Å²) in [7, 11) is 1.36. The molecular weight excluding hydrogens is 434 g/mol. The second-order valence-corrected chi connectivity index (χ2v) is 8.68. The molecule has 1 unspecified atom stereocenters. The van der Waals surface area contributed by atoms with E-state index in [1.807, 2.05) is 0 Å². The molecule has 8 heteroatoms. The number of ether oxygens (including phenoxy) is 1. The van der Waals surface area contributed by atoms with Crippen LogP contribution in [0.5, 0.6) is 5.75 Å². The lowest BCUT2D eigenvalue weighted by Crippen LogP contribution is -2.50. The Balaban J connectivity index is 2.07. The number of fused-ring (bicyclic) bond motifs is 1. The van der Waals surface area contributed by atoms with Crippen molar-refractivity contribution in [1.29, 1.82) is 0 Å². The number of halogens is 5. The molecule has 0 bridgehead atoms. The van der Waals surface area contributed by atoms with Gasteiger partial charge >= 0.3 is 6.18 Å². The maximum Gasteiger partial charge on any atom is 0.417 e. The smallest absolute Gasteiger partial charge is 0.417 e. The van der Waals surface area contributed by atoms with Gasteiger partial charge in [0.05, 0.1) is 12.6 Å². The number of hydrogen-bond donors (Lipinski definition) is 1. The highest BCUT2D eigenvalue weighted by Gasteiger charge is 2.56. The van der Waals surface area contributed by atoms with Crippen molar-refractivity contribution in [3.63, 3.8) is 0 Å². The van der Waals surface area contributed by atoms with Gasteiger partial charge in [0.1, 0.15) is 11.6 Å². The van der Waals surface area contributed by atoms with Gasteiger partial charge in [0.15, 0.2) is 5.60 Å². The van der Waals surface area contributed by atoms with Crippen molar-refractivity contribution >= 4 is 22.5 Å². The Hall–Kier alpha value is -2.38. The van der Waals surface area contributed by atoms with Crippen molar-refractivity contribution < 1.29 is 27.4 Å². The molecule has 166 valence electrons. The first-order chi connectivity index (χ1) is 14.4. The van der Waals surface area contributed by atoms with Crippen molar-refractivity contribution in [1.82, 2.24) is 4.98 Å². The summed E-state index contributed by atoms with van der Waals surface area (Å²) in [6.07, 6.45) is -4.98. The number of methoxy groups -OCH3 is 1. The Morgan fingerprint density at radius 1 is 1.06 bits per heavy atom. The zero-order valence-corrected chi connectivity index (χ0v) is 18.0. The Morgan fingerprint density at radius 2 is 1.77 bits per heavy atom. The van der Waals surface area contributed by atoms with Gasteiger partial charge in [-0.1, -0.05) is 25.4 Å². The van der Waals surface area contributed by atoms with Crippen LogP contribution in [0.4, 0.5) is 17.6 Å². The fourth-order valence-electron chi connectivity index (χ4n) is 3.94. The van der Waals surface area contributed by atoms with Gasteiger partial charge in [0, 0.05) is 28.6 Å².